The van der Waals surface area contributed by atoms with Gasteiger partial charge in [-0.05, 0) is 24.1 Å². The van der Waals surface area contributed by atoms with Crippen molar-refractivity contribution in [3.63, 3.8) is 0 Å². The van der Waals surface area contributed by atoms with Gasteiger partial charge in [0.25, 0.3) is 0 Å². The van der Waals surface area contributed by atoms with Crippen LogP contribution in [0.15, 0.2) is 65.3 Å². The number of hydrogen-bond acceptors (Lipinski definition) is 2. The minimum Gasteiger partial charge on any atom is -0.468 e. The number of furan rings is 1. The Balaban J connectivity index is 1.81. The molecule has 0 bridgehead atoms. The van der Waals surface area contributed by atoms with E-state index in [-0.39, 0.29) is 0 Å². The summed E-state index contributed by atoms with van der Waals surface area (Å²) in [5.41, 5.74) is 2.66. The van der Waals surface area contributed by atoms with E-state index in [1.165, 1.54) is 11.1 Å². The first-order valence-corrected chi connectivity index (χ1v) is 6.31. The van der Waals surface area contributed by atoms with Crippen molar-refractivity contribution in [2.45, 2.75) is 19.0 Å². The molecule has 0 aliphatic carbocycles. The van der Waals surface area contributed by atoms with Gasteiger partial charge in [-0.25, -0.2) is 0 Å². The van der Waals surface area contributed by atoms with Gasteiger partial charge in [0.15, 0.2) is 0 Å². The predicted molar refractivity (Wildman–Crippen MR) is 72.1 cm³/mol. The summed E-state index contributed by atoms with van der Waals surface area (Å²) in [7, 11) is 0. The van der Waals surface area contributed by atoms with Gasteiger partial charge in [-0.3, -0.25) is 4.90 Å². The molecule has 1 unspecified atom stereocenters. The van der Waals surface area contributed by atoms with Crippen LogP contribution >= 0.6 is 0 Å². The van der Waals surface area contributed by atoms with E-state index in [0.717, 1.165) is 25.3 Å². The molecule has 2 heterocycles. The molecule has 0 N–H and O–H groups in total. The molecule has 1 atom stereocenters. The predicted octanol–water partition coefficient (Wildman–Crippen LogP) is 3.78. The average molecular weight is 239 g/mol. The smallest absolute Gasteiger partial charge is 0.117 e. The third-order valence-electron chi connectivity index (χ3n) is 3.47. The van der Waals surface area contributed by atoms with Gasteiger partial charge >= 0.3 is 0 Å². The molecule has 3 rings (SSSR count). The van der Waals surface area contributed by atoms with Crippen molar-refractivity contribution in [2.24, 2.45) is 0 Å². The lowest BCUT2D eigenvalue weighted by molar-refractivity contribution is 0.230. The highest BCUT2D eigenvalue weighted by Crippen LogP contribution is 2.35. The normalized spacial score (nSPS) is 20.4. The van der Waals surface area contributed by atoms with Gasteiger partial charge in [-0.1, -0.05) is 42.5 Å². The van der Waals surface area contributed by atoms with Gasteiger partial charge in [0, 0.05) is 12.6 Å². The molecule has 1 fully saturated rings. The number of likely N-dealkylation sites (tertiary alicyclic amines) is 1. The highest BCUT2D eigenvalue weighted by molar-refractivity contribution is 5.24. The quantitative estimate of drug-likeness (QED) is 0.758. The highest BCUT2D eigenvalue weighted by Gasteiger charge is 2.28. The molecule has 1 aromatic carbocycles. The summed E-state index contributed by atoms with van der Waals surface area (Å²) in [6.45, 7) is 5.95. The van der Waals surface area contributed by atoms with Crippen LogP contribution in [0.25, 0.3) is 0 Å². The van der Waals surface area contributed by atoms with Crippen molar-refractivity contribution in [3.05, 3.63) is 72.2 Å². The summed E-state index contributed by atoms with van der Waals surface area (Å²) >= 11 is 0. The average Bonchev–Trinajstić information content (AvgIpc) is 3.01. The molecular formula is C16H17NO. The van der Waals surface area contributed by atoms with Crippen LogP contribution in [0, 0.1) is 0 Å². The molecule has 2 nitrogen and oxygen atoms in total. The molecule has 0 radical (unpaired) electrons. The summed E-state index contributed by atoms with van der Waals surface area (Å²) in [6, 6.07) is 15.0. The lowest BCUT2D eigenvalue weighted by Crippen LogP contribution is -2.22. The first-order chi connectivity index (χ1) is 8.83. The van der Waals surface area contributed by atoms with Gasteiger partial charge in [-0.2, -0.15) is 0 Å². The second-order valence-electron chi connectivity index (χ2n) is 4.86. The molecule has 0 amide bonds. The van der Waals surface area contributed by atoms with E-state index >= 15 is 0 Å². The number of nitrogens with zero attached hydrogens (tertiary/aromatic N) is 1. The summed E-state index contributed by atoms with van der Waals surface area (Å²) in [5, 5.41) is 0. The summed E-state index contributed by atoms with van der Waals surface area (Å²) < 4.78 is 5.44. The van der Waals surface area contributed by atoms with Crippen molar-refractivity contribution in [1.29, 1.82) is 0 Å². The minimum atomic E-state index is 0.434. The van der Waals surface area contributed by atoms with E-state index in [0.29, 0.717) is 6.04 Å². The molecule has 1 saturated heterocycles. The fraction of sp³-hybridized carbons (Fsp3) is 0.250. The SMILES string of the molecule is C=C1CC(c2ccccc2)N(Cc2ccco2)C1. The van der Waals surface area contributed by atoms with Crippen molar-refractivity contribution in [3.8, 4) is 0 Å². The molecule has 92 valence electrons. The second kappa shape index (κ2) is 4.83. The summed E-state index contributed by atoms with van der Waals surface area (Å²) in [6.07, 6.45) is 2.78. The lowest BCUT2D eigenvalue weighted by atomic mass is 10.0. The Hall–Kier alpha value is -1.80. The minimum absolute atomic E-state index is 0.434. The van der Waals surface area contributed by atoms with Crippen LogP contribution in [-0.2, 0) is 6.54 Å². The van der Waals surface area contributed by atoms with Crippen LogP contribution in [0.1, 0.15) is 23.8 Å². The maximum absolute atomic E-state index is 5.44. The van der Waals surface area contributed by atoms with Gasteiger partial charge in [-0.15, -0.1) is 0 Å². The zero-order valence-corrected chi connectivity index (χ0v) is 10.4. The zero-order valence-electron chi connectivity index (χ0n) is 10.4. The largest absolute Gasteiger partial charge is 0.468 e. The van der Waals surface area contributed by atoms with Gasteiger partial charge in [0.05, 0.1) is 12.8 Å². The third-order valence-corrected chi connectivity index (χ3v) is 3.47. The summed E-state index contributed by atoms with van der Waals surface area (Å²) in [5.74, 6) is 1.02. The monoisotopic (exact) mass is 239 g/mol. The Labute approximate surface area is 108 Å². The maximum atomic E-state index is 5.44. The Kier molecular flexibility index (Phi) is 3.03. The van der Waals surface area contributed by atoms with Crippen molar-refractivity contribution >= 4 is 0 Å². The fourth-order valence-electron chi connectivity index (χ4n) is 2.64. The van der Waals surface area contributed by atoms with E-state index < -0.39 is 0 Å². The van der Waals surface area contributed by atoms with Crippen molar-refractivity contribution < 1.29 is 4.42 Å². The van der Waals surface area contributed by atoms with Gasteiger partial charge < -0.3 is 4.42 Å². The van der Waals surface area contributed by atoms with Crippen LogP contribution in [0.3, 0.4) is 0 Å². The molecule has 1 aliphatic heterocycles. The molecule has 0 spiro atoms. The van der Waals surface area contributed by atoms with Gasteiger partial charge in [0.2, 0.25) is 0 Å². The van der Waals surface area contributed by atoms with Crippen LogP contribution < -0.4 is 0 Å². The first kappa shape index (κ1) is 11.3. The van der Waals surface area contributed by atoms with E-state index in [4.69, 9.17) is 4.42 Å². The van der Waals surface area contributed by atoms with Crippen LogP contribution in [0.5, 0.6) is 0 Å². The van der Waals surface area contributed by atoms with E-state index in [2.05, 4.69) is 41.8 Å². The highest BCUT2D eigenvalue weighted by atomic mass is 16.3. The number of rotatable bonds is 3. The Morgan fingerprint density at radius 3 is 2.72 bits per heavy atom. The van der Waals surface area contributed by atoms with Gasteiger partial charge in [0.1, 0.15) is 5.76 Å². The number of hydrogen-bond donors (Lipinski definition) is 0. The second-order valence-corrected chi connectivity index (χ2v) is 4.86. The zero-order chi connectivity index (χ0) is 12.4. The molecule has 0 saturated carbocycles. The summed E-state index contributed by atoms with van der Waals surface area (Å²) in [4.78, 5) is 2.43. The molecular weight excluding hydrogens is 222 g/mol. The first-order valence-electron chi connectivity index (χ1n) is 6.31. The standard InChI is InChI=1S/C16H17NO/c1-13-10-16(14-6-3-2-4-7-14)17(11-13)12-15-8-5-9-18-15/h2-9,16H,1,10-12H2. The topological polar surface area (TPSA) is 16.4 Å². The molecule has 1 aliphatic rings. The maximum Gasteiger partial charge on any atom is 0.117 e. The molecule has 2 aromatic rings. The molecule has 1 aromatic heterocycles. The fourth-order valence-corrected chi connectivity index (χ4v) is 2.64. The van der Waals surface area contributed by atoms with Crippen LogP contribution in [-0.4, -0.2) is 11.4 Å². The van der Waals surface area contributed by atoms with Crippen molar-refractivity contribution in [2.75, 3.05) is 6.54 Å². The number of benzene rings is 1. The van der Waals surface area contributed by atoms with Crippen LogP contribution in [0.2, 0.25) is 0 Å². The Morgan fingerprint density at radius 2 is 2.00 bits per heavy atom. The Bertz CT molecular complexity index is 515. The lowest BCUT2D eigenvalue weighted by Gasteiger charge is -2.23. The van der Waals surface area contributed by atoms with E-state index in [1.54, 1.807) is 6.26 Å². The van der Waals surface area contributed by atoms with E-state index in [9.17, 15) is 0 Å². The van der Waals surface area contributed by atoms with Crippen molar-refractivity contribution in [1.82, 2.24) is 4.90 Å². The third kappa shape index (κ3) is 2.24. The Morgan fingerprint density at radius 1 is 1.17 bits per heavy atom. The molecule has 18 heavy (non-hydrogen) atoms. The molecule has 2 heteroatoms. The van der Waals surface area contributed by atoms with E-state index in [1.807, 2.05) is 12.1 Å². The van der Waals surface area contributed by atoms with Crippen LogP contribution in [0.4, 0.5) is 0 Å².